The highest BCUT2D eigenvalue weighted by atomic mass is 35.5. The van der Waals surface area contributed by atoms with E-state index in [4.69, 9.17) is 34.3 Å². The second-order valence-electron chi connectivity index (χ2n) is 5.59. The molecule has 1 aliphatic rings. The molecule has 0 amide bonds. The molecule has 0 saturated carbocycles. The average molecular weight is 299 g/mol. The van der Waals surface area contributed by atoms with Crippen molar-refractivity contribution in [3.8, 4) is 0 Å². The van der Waals surface area contributed by atoms with E-state index in [1.807, 2.05) is 18.2 Å². The van der Waals surface area contributed by atoms with Crippen molar-refractivity contribution in [2.24, 2.45) is 5.73 Å². The topological polar surface area (TPSA) is 38.5 Å². The summed E-state index contributed by atoms with van der Waals surface area (Å²) in [6.45, 7) is 7.83. The Morgan fingerprint density at radius 1 is 1.53 bits per heavy atom. The molecule has 3 nitrogen and oxygen atoms in total. The van der Waals surface area contributed by atoms with Gasteiger partial charge in [0.1, 0.15) is 4.99 Å². The van der Waals surface area contributed by atoms with Gasteiger partial charge in [-0.3, -0.25) is 0 Å². The SMILES string of the molecule is CC1CN(c2cc(Cl)ccc2C(N)=S)CC(C)(C)O1. The van der Waals surface area contributed by atoms with Crippen LogP contribution in [0.2, 0.25) is 5.02 Å². The number of nitrogens with two attached hydrogens (primary N) is 1. The fourth-order valence-corrected chi connectivity index (χ4v) is 2.95. The van der Waals surface area contributed by atoms with Crippen molar-refractivity contribution < 1.29 is 4.74 Å². The predicted octanol–water partition coefficient (Wildman–Crippen LogP) is 2.98. The van der Waals surface area contributed by atoms with Crippen LogP contribution >= 0.6 is 23.8 Å². The minimum Gasteiger partial charge on any atom is -0.389 e. The molecule has 104 valence electrons. The second-order valence-corrected chi connectivity index (χ2v) is 6.47. The monoisotopic (exact) mass is 298 g/mol. The van der Waals surface area contributed by atoms with E-state index in [1.165, 1.54) is 0 Å². The lowest BCUT2D eigenvalue weighted by Crippen LogP contribution is -2.52. The second kappa shape index (κ2) is 5.27. The first kappa shape index (κ1) is 14.6. The molecule has 1 fully saturated rings. The van der Waals surface area contributed by atoms with Gasteiger partial charge in [-0.1, -0.05) is 23.8 Å². The number of thiocarbonyl (C=S) groups is 1. The van der Waals surface area contributed by atoms with Gasteiger partial charge in [-0.15, -0.1) is 0 Å². The Hall–Kier alpha value is -0.840. The molecule has 1 aliphatic heterocycles. The van der Waals surface area contributed by atoms with Crippen LogP contribution in [0, 0.1) is 0 Å². The molecule has 2 rings (SSSR count). The first-order valence-corrected chi connectivity index (χ1v) is 7.09. The van der Waals surface area contributed by atoms with Gasteiger partial charge in [0.05, 0.1) is 11.7 Å². The number of anilines is 1. The number of hydrogen-bond donors (Lipinski definition) is 1. The molecular formula is C14H19ClN2OS. The molecule has 2 N–H and O–H groups in total. The molecule has 1 heterocycles. The normalized spacial score (nSPS) is 22.3. The zero-order valence-electron chi connectivity index (χ0n) is 11.4. The van der Waals surface area contributed by atoms with Gasteiger partial charge in [0, 0.05) is 29.4 Å². The summed E-state index contributed by atoms with van der Waals surface area (Å²) in [6, 6.07) is 5.62. The third-order valence-corrected chi connectivity index (χ3v) is 3.59. The summed E-state index contributed by atoms with van der Waals surface area (Å²) in [5.41, 5.74) is 7.46. The lowest BCUT2D eigenvalue weighted by Gasteiger charge is -2.43. The molecule has 0 radical (unpaired) electrons. The quantitative estimate of drug-likeness (QED) is 0.852. The lowest BCUT2D eigenvalue weighted by molar-refractivity contribution is -0.0749. The number of halogens is 1. The molecule has 1 aromatic rings. The summed E-state index contributed by atoms with van der Waals surface area (Å²) in [6.07, 6.45) is 0.155. The Morgan fingerprint density at radius 3 is 2.79 bits per heavy atom. The highest BCUT2D eigenvalue weighted by molar-refractivity contribution is 7.80. The van der Waals surface area contributed by atoms with Crippen LogP contribution in [0.5, 0.6) is 0 Å². The van der Waals surface area contributed by atoms with E-state index in [-0.39, 0.29) is 11.7 Å². The molecule has 1 aromatic carbocycles. The van der Waals surface area contributed by atoms with E-state index in [0.29, 0.717) is 10.0 Å². The van der Waals surface area contributed by atoms with Gasteiger partial charge in [-0.05, 0) is 39.0 Å². The van der Waals surface area contributed by atoms with Crippen LogP contribution in [0.15, 0.2) is 18.2 Å². The molecule has 0 aliphatic carbocycles. The fraction of sp³-hybridized carbons (Fsp3) is 0.500. The summed E-state index contributed by atoms with van der Waals surface area (Å²) >= 11 is 11.2. The van der Waals surface area contributed by atoms with Gasteiger partial charge in [0.2, 0.25) is 0 Å². The first-order valence-electron chi connectivity index (χ1n) is 6.30. The zero-order chi connectivity index (χ0) is 14.2. The fourth-order valence-electron chi connectivity index (χ4n) is 2.61. The summed E-state index contributed by atoms with van der Waals surface area (Å²) in [4.78, 5) is 2.64. The highest BCUT2D eigenvalue weighted by Gasteiger charge is 2.32. The van der Waals surface area contributed by atoms with Gasteiger partial charge in [-0.25, -0.2) is 0 Å². The van der Waals surface area contributed by atoms with Crippen molar-refractivity contribution in [2.75, 3.05) is 18.0 Å². The minimum absolute atomic E-state index is 0.155. The van der Waals surface area contributed by atoms with E-state index in [9.17, 15) is 0 Å². The first-order chi connectivity index (χ1) is 8.78. The predicted molar refractivity (Wildman–Crippen MR) is 84.2 cm³/mol. The summed E-state index contributed by atoms with van der Waals surface area (Å²) < 4.78 is 5.92. The van der Waals surface area contributed by atoms with Gasteiger partial charge in [0.25, 0.3) is 0 Å². The van der Waals surface area contributed by atoms with Crippen LogP contribution < -0.4 is 10.6 Å². The van der Waals surface area contributed by atoms with Gasteiger partial charge >= 0.3 is 0 Å². The maximum Gasteiger partial charge on any atom is 0.106 e. The average Bonchev–Trinajstić information content (AvgIpc) is 2.25. The number of ether oxygens (including phenoxy) is 1. The van der Waals surface area contributed by atoms with Crippen molar-refractivity contribution in [1.29, 1.82) is 0 Å². The molecule has 19 heavy (non-hydrogen) atoms. The van der Waals surface area contributed by atoms with E-state index in [0.717, 1.165) is 24.3 Å². The van der Waals surface area contributed by atoms with E-state index < -0.39 is 0 Å². The van der Waals surface area contributed by atoms with Gasteiger partial charge in [0.15, 0.2) is 0 Å². The maximum atomic E-state index is 6.11. The van der Waals surface area contributed by atoms with E-state index in [1.54, 1.807) is 0 Å². The third kappa shape index (κ3) is 3.38. The van der Waals surface area contributed by atoms with Crippen LogP contribution in [-0.2, 0) is 4.74 Å². The summed E-state index contributed by atoms with van der Waals surface area (Å²) in [7, 11) is 0. The van der Waals surface area contributed by atoms with Crippen LogP contribution in [0.4, 0.5) is 5.69 Å². The molecule has 1 unspecified atom stereocenters. The molecule has 0 aromatic heterocycles. The van der Waals surface area contributed by atoms with E-state index in [2.05, 4.69) is 25.7 Å². The minimum atomic E-state index is -0.201. The Balaban J connectivity index is 2.40. The summed E-state index contributed by atoms with van der Waals surface area (Å²) in [5, 5.41) is 0.687. The van der Waals surface area contributed by atoms with Crippen LogP contribution in [-0.4, -0.2) is 29.8 Å². The smallest absolute Gasteiger partial charge is 0.106 e. The molecular weight excluding hydrogens is 280 g/mol. The summed E-state index contributed by atoms with van der Waals surface area (Å²) in [5.74, 6) is 0. The number of benzene rings is 1. The highest BCUT2D eigenvalue weighted by Crippen LogP contribution is 2.30. The van der Waals surface area contributed by atoms with Gasteiger partial charge < -0.3 is 15.4 Å². The Bertz CT molecular complexity index is 504. The third-order valence-electron chi connectivity index (χ3n) is 3.14. The molecule has 0 bridgehead atoms. The zero-order valence-corrected chi connectivity index (χ0v) is 13.0. The molecule has 0 spiro atoms. The van der Waals surface area contributed by atoms with Crippen LogP contribution in [0.3, 0.4) is 0 Å². The van der Waals surface area contributed by atoms with Gasteiger partial charge in [-0.2, -0.15) is 0 Å². The Labute approximate surface area is 124 Å². The van der Waals surface area contributed by atoms with Crippen molar-refractivity contribution in [3.63, 3.8) is 0 Å². The van der Waals surface area contributed by atoms with Crippen LogP contribution in [0.1, 0.15) is 26.3 Å². The van der Waals surface area contributed by atoms with Crippen LogP contribution in [0.25, 0.3) is 0 Å². The molecule has 1 atom stereocenters. The molecule has 5 heteroatoms. The lowest BCUT2D eigenvalue weighted by atomic mass is 10.0. The largest absolute Gasteiger partial charge is 0.389 e. The molecule has 1 saturated heterocycles. The van der Waals surface area contributed by atoms with Crippen molar-refractivity contribution in [1.82, 2.24) is 0 Å². The standard InChI is InChI=1S/C14H19ClN2OS/c1-9-7-17(8-14(2,3)18-9)12-6-10(15)4-5-11(12)13(16)19/h4-6,9H,7-8H2,1-3H3,(H2,16,19). The Morgan fingerprint density at radius 2 is 2.21 bits per heavy atom. The van der Waals surface area contributed by atoms with E-state index >= 15 is 0 Å². The number of hydrogen-bond acceptors (Lipinski definition) is 3. The van der Waals surface area contributed by atoms with Crippen molar-refractivity contribution >= 4 is 34.5 Å². The van der Waals surface area contributed by atoms with Crippen molar-refractivity contribution in [2.45, 2.75) is 32.5 Å². The Kier molecular flexibility index (Phi) is 4.04. The van der Waals surface area contributed by atoms with Crippen molar-refractivity contribution in [3.05, 3.63) is 28.8 Å². The number of nitrogens with zero attached hydrogens (tertiary/aromatic N) is 1. The maximum absolute atomic E-state index is 6.11. The number of rotatable bonds is 2. The number of morpholine rings is 1.